The number of aromatic nitrogens is 2. The maximum Gasteiger partial charge on any atom is 0.401 e. The second-order valence-corrected chi connectivity index (χ2v) is 10.7. The van der Waals surface area contributed by atoms with Crippen molar-refractivity contribution < 1.29 is 22.7 Å². The van der Waals surface area contributed by atoms with Crippen molar-refractivity contribution in [3.05, 3.63) is 58.5 Å². The van der Waals surface area contributed by atoms with Crippen LogP contribution in [0.4, 0.5) is 24.5 Å². The summed E-state index contributed by atoms with van der Waals surface area (Å²) in [6.45, 7) is 2.02. The molecule has 1 amide bonds. The monoisotopic (exact) mass is 545 g/mol. The number of nitrogens with zero attached hydrogens (tertiary/aromatic N) is 2. The first-order valence-corrected chi connectivity index (χ1v) is 13.0. The average molecular weight is 546 g/mol. The zero-order valence-electron chi connectivity index (χ0n) is 20.7. The lowest BCUT2D eigenvalue weighted by molar-refractivity contribution is -0.163. The van der Waals surface area contributed by atoms with Gasteiger partial charge in [0, 0.05) is 52.7 Å². The van der Waals surface area contributed by atoms with Crippen LogP contribution >= 0.6 is 11.6 Å². The maximum atomic E-state index is 13.2. The first-order valence-electron chi connectivity index (χ1n) is 12.6. The number of likely N-dealkylation sites (tertiary alicyclic amines) is 1. The molecular formula is C27H27ClF3N5O2. The summed E-state index contributed by atoms with van der Waals surface area (Å²) in [7, 11) is 0. The summed E-state index contributed by atoms with van der Waals surface area (Å²) in [6.07, 6.45) is 1.50. The quantitative estimate of drug-likeness (QED) is 0.361. The Hall–Kier alpha value is -3.24. The van der Waals surface area contributed by atoms with Crippen LogP contribution in [0, 0.1) is 6.92 Å². The van der Waals surface area contributed by atoms with Crippen molar-refractivity contribution in [2.75, 3.05) is 31.6 Å². The summed E-state index contributed by atoms with van der Waals surface area (Å²) >= 11 is 6.38. The summed E-state index contributed by atoms with van der Waals surface area (Å²) in [5, 5.41) is 7.08. The molecule has 4 heterocycles. The number of rotatable bonds is 7. The number of aromatic amines is 1. The molecule has 11 heteroatoms. The molecule has 38 heavy (non-hydrogen) atoms. The molecule has 1 unspecified atom stereocenters. The predicted octanol–water partition coefficient (Wildman–Crippen LogP) is 5.57. The number of alkyl halides is 3. The number of pyridine rings is 1. The van der Waals surface area contributed by atoms with Gasteiger partial charge in [0.1, 0.15) is 12.4 Å². The fourth-order valence-electron chi connectivity index (χ4n) is 5.34. The Morgan fingerprint density at radius 1 is 1.29 bits per heavy atom. The van der Waals surface area contributed by atoms with Crippen LogP contribution in [-0.2, 0) is 5.41 Å². The Balaban J connectivity index is 1.37. The first-order chi connectivity index (χ1) is 18.2. The molecule has 2 fully saturated rings. The molecular weight excluding hydrogens is 519 g/mol. The predicted molar refractivity (Wildman–Crippen MR) is 138 cm³/mol. The maximum absolute atomic E-state index is 13.2. The Kier molecular flexibility index (Phi) is 6.07. The molecule has 200 valence electrons. The van der Waals surface area contributed by atoms with E-state index in [9.17, 15) is 18.0 Å². The Bertz CT molecular complexity index is 1400. The second kappa shape index (κ2) is 9.20. The summed E-state index contributed by atoms with van der Waals surface area (Å²) in [6, 6.07) is 7.00. The van der Waals surface area contributed by atoms with Gasteiger partial charge in [-0.05, 0) is 49.9 Å². The summed E-state index contributed by atoms with van der Waals surface area (Å²) < 4.78 is 44.8. The number of ether oxygens (including phenoxy) is 1. The number of anilines is 2. The fraction of sp³-hybridized carbons (Fsp3) is 0.407. The number of carbonyl (C=O) groups excluding carboxylic acids is 1. The minimum Gasteiger partial charge on any atom is -0.490 e. The van der Waals surface area contributed by atoms with Gasteiger partial charge in [-0.25, -0.2) is 0 Å². The van der Waals surface area contributed by atoms with Crippen LogP contribution in [0.5, 0.6) is 5.75 Å². The van der Waals surface area contributed by atoms with E-state index in [1.807, 2.05) is 19.1 Å². The Morgan fingerprint density at radius 3 is 2.82 bits per heavy atom. The third-order valence-electron chi connectivity index (χ3n) is 7.86. The van der Waals surface area contributed by atoms with Crippen LogP contribution in [0.15, 0.2) is 36.7 Å². The molecule has 3 N–H and O–H groups in total. The van der Waals surface area contributed by atoms with Gasteiger partial charge in [-0.1, -0.05) is 17.7 Å². The van der Waals surface area contributed by atoms with Crippen LogP contribution < -0.4 is 15.4 Å². The van der Waals surface area contributed by atoms with E-state index in [0.29, 0.717) is 52.8 Å². The van der Waals surface area contributed by atoms with Gasteiger partial charge in [0.2, 0.25) is 0 Å². The van der Waals surface area contributed by atoms with Gasteiger partial charge < -0.3 is 20.4 Å². The molecule has 1 aromatic carbocycles. The number of H-pyrrole nitrogens is 1. The molecule has 3 aromatic rings. The van der Waals surface area contributed by atoms with Crippen LogP contribution in [-0.4, -0.2) is 59.2 Å². The standard InChI is InChI=1S/C27H27ClF3N5O2/c1-15-18(28)3-2-4-19(15)34-23-21-24(26(7-8-26)13-33-25(21)37)35-22(23)17-5-9-32-11-20(17)38-12-16-6-10-36(16)14-27(29,30)31/h2-5,9,11,16,34-35H,6-8,10,12-14H2,1H3,(H,33,37). The second-order valence-electron chi connectivity index (χ2n) is 10.3. The average Bonchev–Trinajstić information content (AvgIpc) is 3.55. The largest absolute Gasteiger partial charge is 0.490 e. The number of nitrogens with one attached hydrogen (secondary N) is 3. The molecule has 2 aromatic heterocycles. The van der Waals surface area contributed by atoms with Crippen LogP contribution in [0.2, 0.25) is 5.02 Å². The zero-order valence-corrected chi connectivity index (χ0v) is 21.5. The molecule has 6 rings (SSSR count). The molecule has 1 aliphatic carbocycles. The van der Waals surface area contributed by atoms with Gasteiger partial charge in [-0.2, -0.15) is 13.2 Å². The fourth-order valence-corrected chi connectivity index (χ4v) is 5.52. The van der Waals surface area contributed by atoms with Gasteiger partial charge >= 0.3 is 6.18 Å². The highest BCUT2D eigenvalue weighted by atomic mass is 35.5. The van der Waals surface area contributed by atoms with E-state index < -0.39 is 12.7 Å². The van der Waals surface area contributed by atoms with Crippen LogP contribution in [0.1, 0.15) is 40.9 Å². The number of amides is 1. The lowest BCUT2D eigenvalue weighted by Gasteiger charge is -2.40. The van der Waals surface area contributed by atoms with E-state index in [-0.39, 0.29) is 24.0 Å². The van der Waals surface area contributed by atoms with Crippen LogP contribution in [0.25, 0.3) is 11.3 Å². The minimum atomic E-state index is -4.25. The normalized spacial score (nSPS) is 20.0. The topological polar surface area (TPSA) is 82.3 Å². The van der Waals surface area contributed by atoms with E-state index in [1.165, 1.54) is 4.90 Å². The lowest BCUT2D eigenvalue weighted by atomic mass is 9.93. The first kappa shape index (κ1) is 25.1. The number of hydrogen-bond donors (Lipinski definition) is 3. The van der Waals surface area contributed by atoms with Gasteiger partial charge in [-0.3, -0.25) is 14.7 Å². The third kappa shape index (κ3) is 4.49. The van der Waals surface area contributed by atoms with Crippen molar-refractivity contribution >= 4 is 28.9 Å². The highest BCUT2D eigenvalue weighted by molar-refractivity contribution is 6.31. The summed E-state index contributed by atoms with van der Waals surface area (Å²) in [4.78, 5) is 22.3. The number of carbonyl (C=O) groups is 1. The molecule has 7 nitrogen and oxygen atoms in total. The Morgan fingerprint density at radius 2 is 2.11 bits per heavy atom. The van der Waals surface area contributed by atoms with Crippen molar-refractivity contribution in [3.8, 4) is 17.0 Å². The molecule has 0 bridgehead atoms. The number of benzene rings is 1. The van der Waals surface area contributed by atoms with Crippen molar-refractivity contribution in [3.63, 3.8) is 0 Å². The van der Waals surface area contributed by atoms with E-state index in [4.69, 9.17) is 16.3 Å². The van der Waals surface area contributed by atoms with Gasteiger partial charge in [-0.15, -0.1) is 0 Å². The van der Waals surface area contributed by atoms with Crippen molar-refractivity contribution in [2.24, 2.45) is 0 Å². The highest BCUT2D eigenvalue weighted by Gasteiger charge is 2.51. The number of halogens is 4. The van der Waals surface area contributed by atoms with Crippen molar-refractivity contribution in [1.29, 1.82) is 0 Å². The SMILES string of the molecule is Cc1c(Cl)cccc1Nc1c(-c2ccncc2OCC2CCN2CC(F)(F)F)[nH]c2c1C(=O)NCC21CC1. The third-order valence-corrected chi connectivity index (χ3v) is 8.27. The Labute approximate surface area is 222 Å². The van der Waals surface area contributed by atoms with E-state index >= 15 is 0 Å². The molecule has 3 aliphatic rings. The molecule has 1 saturated heterocycles. The molecule has 1 spiro atoms. The van der Waals surface area contributed by atoms with E-state index in [0.717, 1.165) is 29.8 Å². The zero-order chi connectivity index (χ0) is 26.7. The van der Waals surface area contributed by atoms with Crippen molar-refractivity contribution in [1.82, 2.24) is 20.2 Å². The molecule has 0 radical (unpaired) electrons. The van der Waals surface area contributed by atoms with E-state index in [1.54, 1.807) is 24.5 Å². The molecule has 1 saturated carbocycles. The van der Waals surface area contributed by atoms with Crippen molar-refractivity contribution in [2.45, 2.75) is 43.8 Å². The summed E-state index contributed by atoms with van der Waals surface area (Å²) in [5.41, 5.74) is 4.85. The molecule has 1 atom stereocenters. The highest BCUT2D eigenvalue weighted by Crippen LogP contribution is 2.54. The molecule has 2 aliphatic heterocycles. The summed E-state index contributed by atoms with van der Waals surface area (Å²) in [5.74, 6) is 0.261. The van der Waals surface area contributed by atoms with Crippen LogP contribution in [0.3, 0.4) is 0 Å². The number of hydrogen-bond acceptors (Lipinski definition) is 5. The van der Waals surface area contributed by atoms with Gasteiger partial charge in [0.25, 0.3) is 5.91 Å². The smallest absolute Gasteiger partial charge is 0.401 e. The minimum absolute atomic E-state index is 0.107. The van der Waals surface area contributed by atoms with Gasteiger partial charge in [0.15, 0.2) is 0 Å². The lowest BCUT2D eigenvalue weighted by Crippen LogP contribution is -2.54. The van der Waals surface area contributed by atoms with E-state index in [2.05, 4.69) is 20.6 Å². The number of fused-ring (bicyclic) bond motifs is 2. The van der Waals surface area contributed by atoms with Gasteiger partial charge in [0.05, 0.1) is 29.7 Å².